The van der Waals surface area contributed by atoms with Gasteiger partial charge in [0.2, 0.25) is 0 Å². The number of rotatable bonds is 5. The van der Waals surface area contributed by atoms with Crippen molar-refractivity contribution in [2.75, 3.05) is 11.6 Å². The number of amides is 1. The highest BCUT2D eigenvalue weighted by Gasteiger charge is 2.17. The van der Waals surface area contributed by atoms with Gasteiger partial charge in [0.15, 0.2) is 9.84 Å². The van der Waals surface area contributed by atoms with E-state index >= 15 is 0 Å². The molecule has 0 aliphatic rings. The van der Waals surface area contributed by atoms with E-state index in [1.807, 2.05) is 13.8 Å². The quantitative estimate of drug-likeness (QED) is 0.725. The van der Waals surface area contributed by atoms with Crippen LogP contribution in [0.1, 0.15) is 30.2 Å². The average Bonchev–Trinajstić information content (AvgIpc) is 3.22. The Bertz CT molecular complexity index is 1030. The van der Waals surface area contributed by atoms with Gasteiger partial charge in [0.1, 0.15) is 5.69 Å². The van der Waals surface area contributed by atoms with E-state index in [1.54, 1.807) is 16.9 Å². The molecule has 0 spiro atoms. The SMILES string of the molecule is CC(C)n1nccc1-c1nnc(NC(=O)c2ccc(S(C)(=O)=O)cc2)o1. The van der Waals surface area contributed by atoms with Crippen molar-refractivity contribution < 1.29 is 17.6 Å². The second-order valence-corrected chi connectivity index (χ2v) is 7.93. The van der Waals surface area contributed by atoms with E-state index in [0.717, 1.165) is 6.26 Å². The highest BCUT2D eigenvalue weighted by atomic mass is 32.2. The molecule has 2 aromatic heterocycles. The highest BCUT2D eigenvalue weighted by Crippen LogP contribution is 2.22. The summed E-state index contributed by atoms with van der Waals surface area (Å²) in [6.07, 6.45) is 2.73. The number of sulfone groups is 1. The molecule has 1 N–H and O–H groups in total. The van der Waals surface area contributed by atoms with Gasteiger partial charge in [-0.25, -0.2) is 8.42 Å². The van der Waals surface area contributed by atoms with Crippen molar-refractivity contribution in [1.82, 2.24) is 20.0 Å². The monoisotopic (exact) mass is 375 g/mol. The summed E-state index contributed by atoms with van der Waals surface area (Å²) in [5.41, 5.74) is 0.912. The third-order valence-electron chi connectivity index (χ3n) is 3.57. The summed E-state index contributed by atoms with van der Waals surface area (Å²) in [5.74, 6) is -0.253. The Labute approximate surface area is 150 Å². The number of hydrogen-bond acceptors (Lipinski definition) is 7. The molecule has 0 unspecified atom stereocenters. The van der Waals surface area contributed by atoms with Gasteiger partial charge < -0.3 is 4.42 Å². The number of nitrogens with one attached hydrogen (secondary N) is 1. The van der Waals surface area contributed by atoms with E-state index in [1.165, 1.54) is 24.3 Å². The highest BCUT2D eigenvalue weighted by molar-refractivity contribution is 7.90. The molecule has 26 heavy (non-hydrogen) atoms. The fourth-order valence-electron chi connectivity index (χ4n) is 2.30. The van der Waals surface area contributed by atoms with Gasteiger partial charge in [0.05, 0.1) is 4.90 Å². The molecule has 9 nitrogen and oxygen atoms in total. The van der Waals surface area contributed by atoms with E-state index in [0.29, 0.717) is 5.69 Å². The number of aromatic nitrogens is 4. The maximum atomic E-state index is 12.2. The van der Waals surface area contributed by atoms with Crippen LogP contribution in [-0.4, -0.2) is 40.6 Å². The van der Waals surface area contributed by atoms with E-state index in [2.05, 4.69) is 20.6 Å². The van der Waals surface area contributed by atoms with Crippen LogP contribution in [0.15, 0.2) is 45.8 Å². The lowest BCUT2D eigenvalue weighted by Crippen LogP contribution is -2.12. The van der Waals surface area contributed by atoms with Crippen LogP contribution in [0.2, 0.25) is 0 Å². The molecule has 2 heterocycles. The van der Waals surface area contributed by atoms with Gasteiger partial charge in [-0.1, -0.05) is 5.10 Å². The molecule has 3 rings (SSSR count). The second-order valence-electron chi connectivity index (χ2n) is 5.92. The first-order valence-electron chi connectivity index (χ1n) is 7.74. The normalized spacial score (nSPS) is 11.7. The predicted molar refractivity (Wildman–Crippen MR) is 93.4 cm³/mol. The fraction of sp³-hybridized carbons (Fsp3) is 0.250. The largest absolute Gasteiger partial charge is 0.401 e. The molecule has 0 atom stereocenters. The summed E-state index contributed by atoms with van der Waals surface area (Å²) in [7, 11) is -3.32. The first-order valence-corrected chi connectivity index (χ1v) is 9.63. The van der Waals surface area contributed by atoms with Gasteiger partial charge in [-0.2, -0.15) is 5.10 Å². The van der Waals surface area contributed by atoms with Gasteiger partial charge in [0, 0.05) is 24.1 Å². The lowest BCUT2D eigenvalue weighted by molar-refractivity contribution is 0.102. The van der Waals surface area contributed by atoms with Crippen LogP contribution < -0.4 is 5.32 Å². The van der Waals surface area contributed by atoms with Gasteiger partial charge in [-0.3, -0.25) is 14.8 Å². The molecule has 0 bridgehead atoms. The summed E-state index contributed by atoms with van der Waals surface area (Å²) in [4.78, 5) is 12.4. The van der Waals surface area contributed by atoms with Gasteiger partial charge in [-0.15, -0.1) is 5.10 Å². The molecule has 3 aromatic rings. The lowest BCUT2D eigenvalue weighted by atomic mass is 10.2. The number of carbonyl (C=O) groups excluding carboxylic acids is 1. The zero-order valence-corrected chi connectivity index (χ0v) is 15.2. The van der Waals surface area contributed by atoms with Crippen molar-refractivity contribution in [1.29, 1.82) is 0 Å². The Morgan fingerprint density at radius 1 is 1.15 bits per heavy atom. The summed E-state index contributed by atoms with van der Waals surface area (Å²) in [5, 5.41) is 14.4. The molecule has 0 fully saturated rings. The Balaban J connectivity index is 1.77. The van der Waals surface area contributed by atoms with Crippen LogP contribution in [0.25, 0.3) is 11.6 Å². The fourth-order valence-corrected chi connectivity index (χ4v) is 2.93. The summed E-state index contributed by atoms with van der Waals surface area (Å²) >= 11 is 0. The van der Waals surface area contributed by atoms with Crippen molar-refractivity contribution in [3.8, 4) is 11.6 Å². The third kappa shape index (κ3) is 3.64. The minimum absolute atomic E-state index is 0.0614. The molecule has 0 aliphatic heterocycles. The van der Waals surface area contributed by atoms with Crippen LogP contribution in [0.5, 0.6) is 0 Å². The molecule has 10 heteroatoms. The lowest BCUT2D eigenvalue weighted by Gasteiger charge is -2.07. The van der Waals surface area contributed by atoms with Crippen molar-refractivity contribution in [2.45, 2.75) is 24.8 Å². The minimum atomic E-state index is -3.32. The zero-order valence-electron chi connectivity index (χ0n) is 14.4. The number of hydrogen-bond donors (Lipinski definition) is 1. The van der Waals surface area contributed by atoms with Crippen molar-refractivity contribution in [3.05, 3.63) is 42.1 Å². The Morgan fingerprint density at radius 3 is 2.46 bits per heavy atom. The Hall–Kier alpha value is -3.01. The van der Waals surface area contributed by atoms with Crippen LogP contribution in [0, 0.1) is 0 Å². The van der Waals surface area contributed by atoms with Gasteiger partial charge in [-0.05, 0) is 44.2 Å². The van der Waals surface area contributed by atoms with Crippen molar-refractivity contribution >= 4 is 21.8 Å². The number of anilines is 1. The molecule has 1 aromatic carbocycles. The predicted octanol–water partition coefficient (Wildman–Crippen LogP) is 2.17. The molecule has 0 radical (unpaired) electrons. The first-order chi connectivity index (χ1) is 12.3. The summed E-state index contributed by atoms with van der Waals surface area (Å²) in [6, 6.07) is 7.35. The summed E-state index contributed by atoms with van der Waals surface area (Å²) in [6.45, 7) is 3.94. The van der Waals surface area contributed by atoms with E-state index < -0.39 is 15.7 Å². The maximum Gasteiger partial charge on any atom is 0.322 e. The van der Waals surface area contributed by atoms with Crippen LogP contribution in [0.3, 0.4) is 0 Å². The second kappa shape index (κ2) is 6.71. The van der Waals surface area contributed by atoms with E-state index in [9.17, 15) is 13.2 Å². The smallest absolute Gasteiger partial charge is 0.322 e. The first kappa shape index (κ1) is 17.8. The number of carbonyl (C=O) groups is 1. The molecule has 1 amide bonds. The molecule has 136 valence electrons. The van der Waals surface area contributed by atoms with Crippen molar-refractivity contribution in [3.63, 3.8) is 0 Å². The standard InChI is InChI=1S/C16H17N5O4S/c1-10(2)21-13(8-9-17-21)15-19-20-16(25-15)18-14(22)11-4-6-12(7-5-11)26(3,23)24/h4-10H,1-3H3,(H,18,20,22). The molecule has 0 aliphatic carbocycles. The Morgan fingerprint density at radius 2 is 1.85 bits per heavy atom. The summed E-state index contributed by atoms with van der Waals surface area (Å²) < 4.78 is 30.1. The molecular weight excluding hydrogens is 358 g/mol. The van der Waals surface area contributed by atoms with Gasteiger partial charge >= 0.3 is 6.01 Å². The van der Waals surface area contributed by atoms with Crippen LogP contribution >= 0.6 is 0 Å². The van der Waals surface area contributed by atoms with E-state index in [4.69, 9.17) is 4.42 Å². The van der Waals surface area contributed by atoms with E-state index in [-0.39, 0.29) is 28.4 Å². The van der Waals surface area contributed by atoms with Crippen LogP contribution in [0.4, 0.5) is 6.01 Å². The van der Waals surface area contributed by atoms with Crippen molar-refractivity contribution in [2.24, 2.45) is 0 Å². The maximum absolute atomic E-state index is 12.2. The topological polar surface area (TPSA) is 120 Å². The van der Waals surface area contributed by atoms with Crippen LogP contribution in [-0.2, 0) is 9.84 Å². The molecule has 0 saturated carbocycles. The number of nitrogens with zero attached hydrogens (tertiary/aromatic N) is 4. The van der Waals surface area contributed by atoms with Gasteiger partial charge in [0.25, 0.3) is 11.8 Å². The zero-order chi connectivity index (χ0) is 18.9. The third-order valence-corrected chi connectivity index (χ3v) is 4.70. The Kier molecular flexibility index (Phi) is 4.60. The molecular formula is C16H17N5O4S. The number of benzene rings is 1. The minimum Gasteiger partial charge on any atom is -0.401 e. The average molecular weight is 375 g/mol. The molecule has 0 saturated heterocycles.